The number of carbonyl (C=O) groups is 1. The molecule has 2 aromatic rings. The fourth-order valence-electron chi connectivity index (χ4n) is 1.96. The molecule has 19 heavy (non-hydrogen) atoms. The molecule has 1 amide bonds. The van der Waals surface area contributed by atoms with Crippen LogP contribution in [0.15, 0.2) is 36.4 Å². The Morgan fingerprint density at radius 2 is 1.63 bits per heavy atom. The molecule has 0 heterocycles. The van der Waals surface area contributed by atoms with Gasteiger partial charge in [0.25, 0.3) is 5.91 Å². The summed E-state index contributed by atoms with van der Waals surface area (Å²) >= 11 is 0. The van der Waals surface area contributed by atoms with Crippen molar-refractivity contribution in [3.63, 3.8) is 0 Å². The lowest BCUT2D eigenvalue weighted by Crippen LogP contribution is -2.13. The van der Waals surface area contributed by atoms with Crippen LogP contribution in [-0.4, -0.2) is 5.91 Å². The summed E-state index contributed by atoms with van der Waals surface area (Å²) in [6, 6.07) is 11.7. The maximum Gasteiger partial charge on any atom is 0.255 e. The van der Waals surface area contributed by atoms with Crippen LogP contribution in [0.4, 0.5) is 5.69 Å². The molecule has 0 spiro atoms. The molecule has 98 valence electrons. The van der Waals surface area contributed by atoms with Gasteiger partial charge in [0.2, 0.25) is 0 Å². The number of anilines is 1. The van der Waals surface area contributed by atoms with E-state index < -0.39 is 0 Å². The summed E-state index contributed by atoms with van der Waals surface area (Å²) < 4.78 is 0. The molecular weight excluding hydrogens is 234 g/mol. The summed E-state index contributed by atoms with van der Waals surface area (Å²) in [5.41, 5.74) is 6.20. The van der Waals surface area contributed by atoms with Crippen LogP contribution in [0, 0.1) is 27.7 Å². The van der Waals surface area contributed by atoms with E-state index in [-0.39, 0.29) is 5.91 Å². The fourth-order valence-corrected chi connectivity index (χ4v) is 1.96. The zero-order valence-corrected chi connectivity index (χ0v) is 11.9. The number of hydrogen-bond acceptors (Lipinski definition) is 1. The molecule has 2 nitrogen and oxygen atoms in total. The van der Waals surface area contributed by atoms with E-state index in [4.69, 9.17) is 0 Å². The Kier molecular flexibility index (Phi) is 3.70. The predicted octanol–water partition coefficient (Wildman–Crippen LogP) is 4.17. The monoisotopic (exact) mass is 253 g/mol. The molecular formula is C17H19NO. The van der Waals surface area contributed by atoms with Gasteiger partial charge in [-0.1, -0.05) is 18.2 Å². The third-order valence-electron chi connectivity index (χ3n) is 3.62. The highest BCUT2D eigenvalue weighted by molar-refractivity contribution is 6.04. The van der Waals surface area contributed by atoms with Gasteiger partial charge in [0.15, 0.2) is 0 Å². The van der Waals surface area contributed by atoms with E-state index in [1.807, 2.05) is 64.1 Å². The van der Waals surface area contributed by atoms with Crippen molar-refractivity contribution >= 4 is 11.6 Å². The van der Waals surface area contributed by atoms with E-state index in [9.17, 15) is 4.79 Å². The molecule has 0 fully saturated rings. The molecule has 0 aliphatic carbocycles. The first-order valence-electron chi connectivity index (χ1n) is 6.44. The zero-order valence-electron chi connectivity index (χ0n) is 11.9. The summed E-state index contributed by atoms with van der Waals surface area (Å²) in [5.74, 6) is -0.0585. The van der Waals surface area contributed by atoms with Gasteiger partial charge in [-0.3, -0.25) is 4.79 Å². The van der Waals surface area contributed by atoms with E-state index >= 15 is 0 Å². The van der Waals surface area contributed by atoms with Gasteiger partial charge in [-0.15, -0.1) is 0 Å². The first-order chi connectivity index (χ1) is 8.99. The zero-order chi connectivity index (χ0) is 14.0. The average molecular weight is 253 g/mol. The molecule has 2 aromatic carbocycles. The minimum absolute atomic E-state index is 0.0585. The number of aryl methyl sites for hydroxylation is 3. The van der Waals surface area contributed by atoms with E-state index in [0.29, 0.717) is 5.56 Å². The number of carbonyl (C=O) groups excluding carboxylic acids is 1. The Bertz CT molecular complexity index is 629. The SMILES string of the molecule is Cc1ccc(C(=O)Nc2cccc(C)c2C)cc1C. The number of hydrogen-bond donors (Lipinski definition) is 1. The second kappa shape index (κ2) is 5.27. The van der Waals surface area contributed by atoms with Crippen molar-refractivity contribution in [3.8, 4) is 0 Å². The Morgan fingerprint density at radius 3 is 2.32 bits per heavy atom. The highest BCUT2D eigenvalue weighted by Gasteiger charge is 2.09. The fraction of sp³-hybridized carbons (Fsp3) is 0.235. The van der Waals surface area contributed by atoms with Crippen LogP contribution in [0.1, 0.15) is 32.6 Å². The quantitative estimate of drug-likeness (QED) is 0.855. The molecule has 0 unspecified atom stereocenters. The summed E-state index contributed by atoms with van der Waals surface area (Å²) in [6.07, 6.45) is 0. The van der Waals surface area contributed by atoms with Gasteiger partial charge in [-0.05, 0) is 68.1 Å². The highest BCUT2D eigenvalue weighted by Crippen LogP contribution is 2.19. The van der Waals surface area contributed by atoms with Crippen molar-refractivity contribution in [2.75, 3.05) is 5.32 Å². The first-order valence-corrected chi connectivity index (χ1v) is 6.44. The molecule has 0 aliphatic heterocycles. The van der Waals surface area contributed by atoms with Gasteiger partial charge < -0.3 is 5.32 Å². The maximum atomic E-state index is 12.2. The van der Waals surface area contributed by atoms with Gasteiger partial charge in [-0.2, -0.15) is 0 Å². The lowest BCUT2D eigenvalue weighted by molar-refractivity contribution is 0.102. The Balaban J connectivity index is 2.26. The Labute approximate surface area is 114 Å². The van der Waals surface area contributed by atoms with Crippen LogP contribution in [-0.2, 0) is 0 Å². The van der Waals surface area contributed by atoms with Gasteiger partial charge >= 0.3 is 0 Å². The second-order valence-electron chi connectivity index (χ2n) is 5.00. The molecule has 0 radical (unpaired) electrons. The van der Waals surface area contributed by atoms with Gasteiger partial charge in [0, 0.05) is 11.3 Å². The van der Waals surface area contributed by atoms with Crippen molar-refractivity contribution in [2.45, 2.75) is 27.7 Å². The molecule has 2 heteroatoms. The molecule has 0 aromatic heterocycles. The number of rotatable bonds is 2. The Morgan fingerprint density at radius 1 is 0.895 bits per heavy atom. The minimum atomic E-state index is -0.0585. The van der Waals surface area contributed by atoms with Crippen LogP contribution >= 0.6 is 0 Å². The average Bonchev–Trinajstić information content (AvgIpc) is 2.38. The van der Waals surface area contributed by atoms with E-state index in [1.165, 1.54) is 11.1 Å². The smallest absolute Gasteiger partial charge is 0.255 e. The van der Waals surface area contributed by atoms with E-state index in [0.717, 1.165) is 16.8 Å². The molecule has 0 aliphatic rings. The van der Waals surface area contributed by atoms with Crippen LogP contribution < -0.4 is 5.32 Å². The largest absolute Gasteiger partial charge is 0.322 e. The summed E-state index contributed by atoms with van der Waals surface area (Å²) in [6.45, 7) is 8.12. The lowest BCUT2D eigenvalue weighted by atomic mass is 10.0. The summed E-state index contributed by atoms with van der Waals surface area (Å²) in [5, 5.41) is 2.98. The normalized spacial score (nSPS) is 10.3. The topological polar surface area (TPSA) is 29.1 Å². The van der Waals surface area contributed by atoms with E-state index in [2.05, 4.69) is 5.32 Å². The number of nitrogens with one attached hydrogen (secondary N) is 1. The van der Waals surface area contributed by atoms with Crippen LogP contribution in [0.3, 0.4) is 0 Å². The first kappa shape index (κ1) is 13.3. The van der Waals surface area contributed by atoms with Gasteiger partial charge in [-0.25, -0.2) is 0 Å². The lowest BCUT2D eigenvalue weighted by Gasteiger charge is -2.11. The van der Waals surface area contributed by atoms with Crippen LogP contribution in [0.2, 0.25) is 0 Å². The number of benzene rings is 2. The van der Waals surface area contributed by atoms with E-state index in [1.54, 1.807) is 0 Å². The van der Waals surface area contributed by atoms with Gasteiger partial charge in [0.05, 0.1) is 0 Å². The third kappa shape index (κ3) is 2.84. The summed E-state index contributed by atoms with van der Waals surface area (Å²) in [4.78, 5) is 12.2. The number of amides is 1. The second-order valence-corrected chi connectivity index (χ2v) is 5.00. The van der Waals surface area contributed by atoms with Crippen molar-refractivity contribution in [3.05, 3.63) is 64.2 Å². The highest BCUT2D eigenvalue weighted by atomic mass is 16.1. The molecule has 2 rings (SSSR count). The minimum Gasteiger partial charge on any atom is -0.322 e. The van der Waals surface area contributed by atoms with Crippen molar-refractivity contribution < 1.29 is 4.79 Å². The molecule has 0 saturated heterocycles. The molecule has 1 N–H and O–H groups in total. The molecule has 0 atom stereocenters. The van der Waals surface area contributed by atoms with Crippen LogP contribution in [0.25, 0.3) is 0 Å². The van der Waals surface area contributed by atoms with Gasteiger partial charge in [0.1, 0.15) is 0 Å². The maximum absolute atomic E-state index is 12.2. The van der Waals surface area contributed by atoms with Crippen LogP contribution in [0.5, 0.6) is 0 Å². The molecule has 0 saturated carbocycles. The Hall–Kier alpha value is -2.09. The summed E-state index contributed by atoms with van der Waals surface area (Å²) in [7, 11) is 0. The van der Waals surface area contributed by atoms with Crippen molar-refractivity contribution in [1.82, 2.24) is 0 Å². The van der Waals surface area contributed by atoms with Crippen molar-refractivity contribution in [2.24, 2.45) is 0 Å². The van der Waals surface area contributed by atoms with Crippen molar-refractivity contribution in [1.29, 1.82) is 0 Å². The predicted molar refractivity (Wildman–Crippen MR) is 79.8 cm³/mol. The standard InChI is InChI=1S/C17H19NO/c1-11-8-9-15(10-13(11)3)17(19)18-16-7-5-6-12(2)14(16)4/h5-10H,1-4H3,(H,18,19). The molecule has 0 bridgehead atoms. The third-order valence-corrected chi connectivity index (χ3v) is 3.62.